The largest absolute Gasteiger partial charge is 0.369 e. The smallest absolute Gasteiger partial charge is 0.247 e. The number of carbonyl (C=O) groups excluding carboxylic acids is 1. The summed E-state index contributed by atoms with van der Waals surface area (Å²) >= 11 is 0. The first-order chi connectivity index (χ1) is 9.00. The molecule has 1 saturated heterocycles. The van der Waals surface area contributed by atoms with E-state index in [4.69, 9.17) is 0 Å². The summed E-state index contributed by atoms with van der Waals surface area (Å²) in [5, 5.41) is 2.69. The van der Waals surface area contributed by atoms with Crippen LogP contribution in [0.25, 0.3) is 0 Å². The van der Waals surface area contributed by atoms with Crippen LogP contribution in [0, 0.1) is 0 Å². The van der Waals surface area contributed by atoms with Crippen molar-refractivity contribution in [2.24, 2.45) is 0 Å². The van der Waals surface area contributed by atoms with Crippen LogP contribution in [0.15, 0.2) is 36.9 Å². The zero-order chi connectivity index (χ0) is 13.9. The Hall–Kier alpha value is -1.82. The van der Waals surface area contributed by atoms with Crippen LogP contribution >= 0.6 is 0 Å². The number of anilines is 2. The lowest BCUT2D eigenvalue weighted by Gasteiger charge is -2.29. The van der Waals surface area contributed by atoms with E-state index in [9.17, 15) is 13.2 Å². The van der Waals surface area contributed by atoms with E-state index in [1.54, 1.807) is 6.07 Å². The summed E-state index contributed by atoms with van der Waals surface area (Å²) in [4.78, 5) is 13.2. The molecule has 0 bridgehead atoms. The lowest BCUT2D eigenvalue weighted by Crippen LogP contribution is -2.40. The van der Waals surface area contributed by atoms with Crippen molar-refractivity contribution in [2.75, 3.05) is 34.8 Å². The number of nitrogens with zero attached hydrogens (tertiary/aromatic N) is 1. The first-order valence-corrected chi connectivity index (χ1v) is 7.81. The van der Waals surface area contributed by atoms with E-state index < -0.39 is 9.84 Å². The highest BCUT2D eigenvalue weighted by Crippen LogP contribution is 2.21. The highest BCUT2D eigenvalue weighted by Gasteiger charge is 2.21. The normalized spacial score (nSPS) is 17.8. The van der Waals surface area contributed by atoms with Gasteiger partial charge in [0.1, 0.15) is 0 Å². The molecule has 1 N–H and O–H groups in total. The fourth-order valence-corrected chi connectivity index (χ4v) is 3.15. The Morgan fingerprint density at radius 3 is 2.63 bits per heavy atom. The topological polar surface area (TPSA) is 66.5 Å². The van der Waals surface area contributed by atoms with Crippen LogP contribution in [-0.4, -0.2) is 38.9 Å². The Morgan fingerprint density at radius 2 is 2.00 bits per heavy atom. The molecule has 1 heterocycles. The SMILES string of the molecule is C=CC(=O)Nc1cccc(N2CCS(=O)(=O)CC2)c1. The summed E-state index contributed by atoms with van der Waals surface area (Å²) in [5.41, 5.74) is 1.59. The summed E-state index contributed by atoms with van der Waals surface area (Å²) in [6.07, 6.45) is 1.21. The van der Waals surface area contributed by atoms with Crippen LogP contribution in [0.2, 0.25) is 0 Å². The molecule has 1 aromatic rings. The number of carbonyl (C=O) groups is 1. The fourth-order valence-electron chi connectivity index (χ4n) is 1.94. The van der Waals surface area contributed by atoms with E-state index in [2.05, 4.69) is 11.9 Å². The van der Waals surface area contributed by atoms with Crippen LogP contribution < -0.4 is 10.2 Å². The van der Waals surface area contributed by atoms with Gasteiger partial charge in [0.05, 0.1) is 11.5 Å². The van der Waals surface area contributed by atoms with Crippen molar-refractivity contribution in [3.63, 3.8) is 0 Å². The second-order valence-electron chi connectivity index (χ2n) is 4.38. The van der Waals surface area contributed by atoms with Crippen LogP contribution in [0.1, 0.15) is 0 Å². The van der Waals surface area contributed by atoms with Gasteiger partial charge in [-0.2, -0.15) is 0 Å². The molecule has 1 fully saturated rings. The Balaban J connectivity index is 2.11. The van der Waals surface area contributed by atoms with Gasteiger partial charge in [0.25, 0.3) is 0 Å². The van der Waals surface area contributed by atoms with Crippen molar-refractivity contribution >= 4 is 27.1 Å². The van der Waals surface area contributed by atoms with Crippen LogP contribution in [0.3, 0.4) is 0 Å². The third kappa shape index (κ3) is 3.57. The van der Waals surface area contributed by atoms with Gasteiger partial charge in [0, 0.05) is 24.5 Å². The summed E-state index contributed by atoms with van der Waals surface area (Å²) in [6.45, 7) is 4.37. The molecule has 19 heavy (non-hydrogen) atoms. The molecule has 1 aliphatic rings. The lowest BCUT2D eigenvalue weighted by atomic mass is 10.2. The molecule has 6 heteroatoms. The standard InChI is InChI=1S/C13H16N2O3S/c1-2-13(16)14-11-4-3-5-12(10-11)15-6-8-19(17,18)9-7-15/h2-5,10H,1,6-9H2,(H,14,16). The first-order valence-electron chi connectivity index (χ1n) is 5.99. The van der Waals surface area contributed by atoms with E-state index in [-0.39, 0.29) is 17.4 Å². The minimum atomic E-state index is -2.88. The predicted octanol–water partition coefficient (Wildman–Crippen LogP) is 1.05. The summed E-state index contributed by atoms with van der Waals surface area (Å²) < 4.78 is 22.8. The van der Waals surface area contributed by atoms with Gasteiger partial charge in [-0.05, 0) is 24.3 Å². The molecule has 0 aromatic heterocycles. The Morgan fingerprint density at radius 1 is 1.32 bits per heavy atom. The van der Waals surface area contributed by atoms with Gasteiger partial charge in [-0.3, -0.25) is 4.79 Å². The molecule has 102 valence electrons. The monoisotopic (exact) mass is 280 g/mol. The third-order valence-electron chi connectivity index (χ3n) is 3.01. The van der Waals surface area contributed by atoms with E-state index in [1.165, 1.54) is 6.08 Å². The maximum absolute atomic E-state index is 11.4. The Bertz CT molecular complexity index is 582. The van der Waals surface area contributed by atoms with Crippen molar-refractivity contribution in [3.8, 4) is 0 Å². The van der Waals surface area contributed by atoms with Crippen LogP contribution in [0.4, 0.5) is 11.4 Å². The minimum absolute atomic E-state index is 0.177. The number of benzene rings is 1. The molecule has 2 rings (SSSR count). The molecule has 0 saturated carbocycles. The molecular weight excluding hydrogens is 264 g/mol. The van der Waals surface area contributed by atoms with Gasteiger partial charge in [0.15, 0.2) is 9.84 Å². The molecule has 0 aliphatic carbocycles. The zero-order valence-electron chi connectivity index (χ0n) is 10.5. The van der Waals surface area contributed by atoms with Crippen molar-refractivity contribution < 1.29 is 13.2 Å². The molecule has 1 aromatic carbocycles. The Labute approximate surface area is 112 Å². The average molecular weight is 280 g/mol. The maximum Gasteiger partial charge on any atom is 0.247 e. The second-order valence-corrected chi connectivity index (χ2v) is 6.69. The van der Waals surface area contributed by atoms with Gasteiger partial charge >= 0.3 is 0 Å². The van der Waals surface area contributed by atoms with E-state index in [1.807, 2.05) is 23.1 Å². The maximum atomic E-state index is 11.4. The van der Waals surface area contributed by atoms with E-state index >= 15 is 0 Å². The van der Waals surface area contributed by atoms with E-state index in [0.29, 0.717) is 18.8 Å². The highest BCUT2D eigenvalue weighted by molar-refractivity contribution is 7.91. The highest BCUT2D eigenvalue weighted by atomic mass is 32.2. The van der Waals surface area contributed by atoms with Crippen molar-refractivity contribution in [1.82, 2.24) is 0 Å². The number of nitrogens with one attached hydrogen (secondary N) is 1. The number of hydrogen-bond acceptors (Lipinski definition) is 4. The van der Waals surface area contributed by atoms with Crippen molar-refractivity contribution in [3.05, 3.63) is 36.9 Å². The quantitative estimate of drug-likeness (QED) is 0.840. The number of rotatable bonds is 3. The average Bonchev–Trinajstić information content (AvgIpc) is 2.39. The number of hydrogen-bond donors (Lipinski definition) is 1. The molecule has 5 nitrogen and oxygen atoms in total. The molecule has 0 spiro atoms. The van der Waals surface area contributed by atoms with Gasteiger partial charge in [-0.1, -0.05) is 12.6 Å². The first kappa shape index (κ1) is 13.6. The molecule has 1 aliphatic heterocycles. The predicted molar refractivity (Wildman–Crippen MR) is 76.1 cm³/mol. The van der Waals surface area contributed by atoms with Gasteiger partial charge in [0.2, 0.25) is 5.91 Å². The Kier molecular flexibility index (Phi) is 3.90. The number of sulfone groups is 1. The van der Waals surface area contributed by atoms with Crippen LogP contribution in [0.5, 0.6) is 0 Å². The van der Waals surface area contributed by atoms with E-state index in [0.717, 1.165) is 5.69 Å². The summed E-state index contributed by atoms with van der Waals surface area (Å²) in [5.74, 6) is 0.0883. The lowest BCUT2D eigenvalue weighted by molar-refractivity contribution is -0.111. The van der Waals surface area contributed by atoms with Crippen LogP contribution in [-0.2, 0) is 14.6 Å². The summed E-state index contributed by atoms with van der Waals surface area (Å²) in [7, 11) is -2.88. The molecule has 0 unspecified atom stereocenters. The number of amides is 1. The molecule has 1 amide bonds. The molecule has 0 radical (unpaired) electrons. The van der Waals surface area contributed by atoms with Crippen molar-refractivity contribution in [1.29, 1.82) is 0 Å². The van der Waals surface area contributed by atoms with Gasteiger partial charge in [-0.25, -0.2) is 8.42 Å². The van der Waals surface area contributed by atoms with Crippen molar-refractivity contribution in [2.45, 2.75) is 0 Å². The molecule has 0 atom stereocenters. The summed E-state index contributed by atoms with van der Waals surface area (Å²) in [6, 6.07) is 7.35. The third-order valence-corrected chi connectivity index (χ3v) is 4.62. The van der Waals surface area contributed by atoms with Gasteiger partial charge < -0.3 is 10.2 Å². The second kappa shape index (κ2) is 5.44. The van der Waals surface area contributed by atoms with Gasteiger partial charge in [-0.15, -0.1) is 0 Å². The fraction of sp³-hybridized carbons (Fsp3) is 0.308. The molecular formula is C13H16N2O3S. The minimum Gasteiger partial charge on any atom is -0.369 e. The zero-order valence-corrected chi connectivity index (χ0v) is 11.3.